The molecule has 148 valence electrons. The first-order valence-electron chi connectivity index (χ1n) is 8.65. The first kappa shape index (κ1) is 19.9. The highest BCUT2D eigenvalue weighted by molar-refractivity contribution is 7.92. The molecule has 0 unspecified atom stereocenters. The van der Waals surface area contributed by atoms with Gasteiger partial charge in [-0.1, -0.05) is 13.8 Å². The molecule has 0 atom stereocenters. The maximum absolute atomic E-state index is 12.7. The predicted molar refractivity (Wildman–Crippen MR) is 101 cm³/mol. The van der Waals surface area contributed by atoms with Gasteiger partial charge in [0.2, 0.25) is 10.0 Å². The van der Waals surface area contributed by atoms with Crippen molar-refractivity contribution in [3.05, 3.63) is 48.4 Å². The van der Waals surface area contributed by atoms with Gasteiger partial charge in [-0.3, -0.25) is 0 Å². The van der Waals surface area contributed by atoms with E-state index in [4.69, 9.17) is 9.15 Å². The summed E-state index contributed by atoms with van der Waals surface area (Å²) in [6.07, 6.45) is 1.41. The third kappa shape index (κ3) is 4.53. The zero-order valence-corrected chi connectivity index (χ0v) is 16.9. The van der Waals surface area contributed by atoms with E-state index in [1.807, 2.05) is 13.8 Å². The van der Waals surface area contributed by atoms with E-state index in [1.54, 1.807) is 24.3 Å². The third-order valence-electron chi connectivity index (χ3n) is 4.29. The average molecular weight is 414 g/mol. The van der Waals surface area contributed by atoms with Gasteiger partial charge >= 0.3 is 0 Å². The van der Waals surface area contributed by atoms with Crippen LogP contribution in [-0.4, -0.2) is 46.1 Å². The molecule has 9 heteroatoms. The van der Waals surface area contributed by atoms with Gasteiger partial charge < -0.3 is 9.15 Å². The number of benzene rings is 1. The lowest BCUT2D eigenvalue weighted by Gasteiger charge is -2.37. The van der Waals surface area contributed by atoms with E-state index in [0.29, 0.717) is 24.0 Å². The van der Waals surface area contributed by atoms with Crippen LogP contribution >= 0.6 is 0 Å². The molecule has 0 saturated carbocycles. The molecule has 2 aromatic rings. The van der Waals surface area contributed by atoms with E-state index >= 15 is 0 Å². The molecule has 7 nitrogen and oxygen atoms in total. The number of furan rings is 1. The molecule has 2 heterocycles. The van der Waals surface area contributed by atoms with Crippen molar-refractivity contribution in [1.82, 2.24) is 4.31 Å². The number of sulfonamides is 1. The van der Waals surface area contributed by atoms with Crippen molar-refractivity contribution >= 4 is 19.9 Å². The molecule has 27 heavy (non-hydrogen) atoms. The van der Waals surface area contributed by atoms with Crippen LogP contribution in [0.1, 0.15) is 19.6 Å². The Labute approximate surface area is 159 Å². The molecule has 0 aliphatic carbocycles. The van der Waals surface area contributed by atoms with Crippen LogP contribution in [0.5, 0.6) is 5.75 Å². The van der Waals surface area contributed by atoms with E-state index in [2.05, 4.69) is 0 Å². The average Bonchev–Trinajstić information content (AvgIpc) is 3.03. The van der Waals surface area contributed by atoms with Gasteiger partial charge in [0.05, 0.1) is 23.0 Å². The van der Waals surface area contributed by atoms with Crippen LogP contribution in [0.2, 0.25) is 0 Å². The van der Waals surface area contributed by atoms with Crippen LogP contribution in [0, 0.1) is 5.92 Å². The van der Waals surface area contributed by atoms with Crippen LogP contribution in [0.15, 0.2) is 52.0 Å². The predicted octanol–water partition coefficient (Wildman–Crippen LogP) is 2.30. The summed E-state index contributed by atoms with van der Waals surface area (Å²) in [5.74, 6) is 1.11. The monoisotopic (exact) mass is 413 g/mol. The summed E-state index contributed by atoms with van der Waals surface area (Å²) in [6.45, 7) is 4.51. The zero-order chi connectivity index (χ0) is 19.7. The van der Waals surface area contributed by atoms with Gasteiger partial charge in [-0.05, 0) is 42.3 Å². The fraction of sp³-hybridized carbons (Fsp3) is 0.444. The highest BCUT2D eigenvalue weighted by Crippen LogP contribution is 2.28. The molecule has 1 saturated heterocycles. The quantitative estimate of drug-likeness (QED) is 0.659. The Morgan fingerprint density at radius 3 is 2.33 bits per heavy atom. The van der Waals surface area contributed by atoms with E-state index < -0.39 is 25.1 Å². The lowest BCUT2D eigenvalue weighted by atomic mass is 10.2. The normalized spacial score (nSPS) is 16.4. The second-order valence-electron chi connectivity index (χ2n) is 7.01. The summed E-state index contributed by atoms with van der Waals surface area (Å²) < 4.78 is 61.8. The summed E-state index contributed by atoms with van der Waals surface area (Å²) in [5.41, 5.74) is 0. The maximum atomic E-state index is 12.7. The number of hydrogen-bond acceptors (Lipinski definition) is 6. The second-order valence-corrected chi connectivity index (χ2v) is 11.2. The summed E-state index contributed by atoms with van der Waals surface area (Å²) >= 11 is 0. The minimum Gasteiger partial charge on any atom is -0.493 e. The largest absolute Gasteiger partial charge is 0.493 e. The van der Waals surface area contributed by atoms with E-state index in [-0.39, 0.29) is 23.7 Å². The van der Waals surface area contributed by atoms with Crippen molar-refractivity contribution in [2.75, 3.05) is 19.7 Å². The fourth-order valence-electron chi connectivity index (χ4n) is 2.65. The van der Waals surface area contributed by atoms with Crippen LogP contribution < -0.4 is 4.74 Å². The van der Waals surface area contributed by atoms with Gasteiger partial charge in [-0.25, -0.2) is 16.8 Å². The number of rotatable bonds is 8. The maximum Gasteiger partial charge on any atom is 0.243 e. The molecule has 3 rings (SSSR count). The van der Waals surface area contributed by atoms with Crippen molar-refractivity contribution in [2.24, 2.45) is 5.92 Å². The summed E-state index contributed by atoms with van der Waals surface area (Å²) in [5, 5.41) is -0.717. The fourth-order valence-corrected chi connectivity index (χ4v) is 5.98. The molecule has 1 fully saturated rings. The van der Waals surface area contributed by atoms with E-state index in [0.717, 1.165) is 0 Å². The van der Waals surface area contributed by atoms with Crippen molar-refractivity contribution < 1.29 is 26.0 Å². The van der Waals surface area contributed by atoms with Gasteiger partial charge in [0.15, 0.2) is 9.84 Å². The standard InChI is InChI=1S/C18H23NO6S2/c1-14(2)12-25-15-5-7-17(8-6-15)27(22,23)19-10-18(11-19)26(20,21)13-16-4-3-9-24-16/h3-9,14,18H,10-13H2,1-2H3. The van der Waals surface area contributed by atoms with Gasteiger partial charge in [-0.15, -0.1) is 0 Å². The van der Waals surface area contributed by atoms with Gasteiger partial charge in [0.1, 0.15) is 17.3 Å². The first-order chi connectivity index (χ1) is 12.7. The highest BCUT2D eigenvalue weighted by atomic mass is 32.2. The Balaban J connectivity index is 1.62. The number of hydrogen-bond donors (Lipinski definition) is 0. The molecule has 0 bridgehead atoms. The SMILES string of the molecule is CC(C)COc1ccc(S(=O)(=O)N2CC(S(=O)(=O)Cc3ccco3)C2)cc1. The molecule has 0 radical (unpaired) electrons. The lowest BCUT2D eigenvalue weighted by Crippen LogP contribution is -2.56. The molecule has 1 aliphatic heterocycles. The molecule has 1 aliphatic rings. The summed E-state index contributed by atoms with van der Waals surface area (Å²) in [6, 6.07) is 9.40. The van der Waals surface area contributed by atoms with Crippen molar-refractivity contribution in [2.45, 2.75) is 29.7 Å². The minimum atomic E-state index is -3.72. The molecule has 1 aromatic carbocycles. The molecule has 1 aromatic heterocycles. The number of sulfone groups is 1. The van der Waals surface area contributed by atoms with Crippen LogP contribution in [0.3, 0.4) is 0 Å². The number of nitrogens with zero attached hydrogens (tertiary/aromatic N) is 1. The molecule has 0 amide bonds. The Bertz CT molecular complexity index is 957. The van der Waals surface area contributed by atoms with Gasteiger partial charge in [0.25, 0.3) is 0 Å². The zero-order valence-electron chi connectivity index (χ0n) is 15.2. The highest BCUT2D eigenvalue weighted by Gasteiger charge is 2.43. The Morgan fingerprint density at radius 1 is 1.11 bits per heavy atom. The molecular weight excluding hydrogens is 390 g/mol. The third-order valence-corrected chi connectivity index (χ3v) is 8.14. The molecule has 0 N–H and O–H groups in total. The Morgan fingerprint density at radius 2 is 1.78 bits per heavy atom. The van der Waals surface area contributed by atoms with Crippen molar-refractivity contribution in [3.8, 4) is 5.75 Å². The van der Waals surface area contributed by atoms with E-state index in [1.165, 1.54) is 22.7 Å². The lowest BCUT2D eigenvalue weighted by molar-refractivity contribution is 0.271. The summed E-state index contributed by atoms with van der Waals surface area (Å²) in [7, 11) is -7.18. The van der Waals surface area contributed by atoms with Crippen molar-refractivity contribution in [1.29, 1.82) is 0 Å². The van der Waals surface area contributed by atoms with Crippen LogP contribution in [0.25, 0.3) is 0 Å². The number of ether oxygens (including phenoxy) is 1. The topological polar surface area (TPSA) is 93.9 Å². The van der Waals surface area contributed by atoms with Crippen molar-refractivity contribution in [3.63, 3.8) is 0 Å². The smallest absolute Gasteiger partial charge is 0.243 e. The Kier molecular flexibility index (Phi) is 5.64. The minimum absolute atomic E-state index is 0.0447. The van der Waals surface area contributed by atoms with E-state index in [9.17, 15) is 16.8 Å². The summed E-state index contributed by atoms with van der Waals surface area (Å²) in [4.78, 5) is 0.126. The Hall–Kier alpha value is -1.84. The second kappa shape index (κ2) is 7.65. The van der Waals surface area contributed by atoms with Crippen LogP contribution in [0.4, 0.5) is 0 Å². The molecule has 0 spiro atoms. The molecular formula is C18H23NO6S2. The van der Waals surface area contributed by atoms with Crippen LogP contribution in [-0.2, 0) is 25.6 Å². The first-order valence-corrected chi connectivity index (χ1v) is 11.8. The van der Waals surface area contributed by atoms with Gasteiger partial charge in [-0.2, -0.15) is 4.31 Å². The van der Waals surface area contributed by atoms with Gasteiger partial charge in [0, 0.05) is 13.1 Å².